The first-order valence-corrected chi connectivity index (χ1v) is 8.99. The lowest BCUT2D eigenvalue weighted by atomic mass is 9.79. The van der Waals surface area contributed by atoms with Gasteiger partial charge in [0, 0.05) is 11.1 Å². The fourth-order valence-electron chi connectivity index (χ4n) is 3.44. The van der Waals surface area contributed by atoms with Crippen molar-refractivity contribution >= 4 is 0 Å². The number of phenols is 1. The fourth-order valence-corrected chi connectivity index (χ4v) is 3.44. The van der Waals surface area contributed by atoms with Crippen LogP contribution in [0.3, 0.4) is 0 Å². The molecule has 0 aliphatic carbocycles. The highest BCUT2D eigenvalue weighted by molar-refractivity contribution is 5.52. The largest absolute Gasteiger partial charge is 0.507 e. The molecule has 1 rings (SSSR count). The van der Waals surface area contributed by atoms with E-state index >= 15 is 0 Å². The van der Waals surface area contributed by atoms with Crippen LogP contribution < -0.4 is 4.74 Å². The van der Waals surface area contributed by atoms with Crippen molar-refractivity contribution in [3.63, 3.8) is 0 Å². The van der Waals surface area contributed by atoms with Gasteiger partial charge in [-0.05, 0) is 48.6 Å². The molecule has 2 nitrogen and oxygen atoms in total. The maximum atomic E-state index is 10.8. The molecular weight excluding hydrogens is 296 g/mol. The van der Waals surface area contributed by atoms with Crippen molar-refractivity contribution in [2.75, 3.05) is 0 Å². The summed E-state index contributed by atoms with van der Waals surface area (Å²) in [5.41, 5.74) is 1.53. The van der Waals surface area contributed by atoms with E-state index in [0.29, 0.717) is 5.75 Å². The predicted molar refractivity (Wildman–Crippen MR) is 104 cm³/mol. The summed E-state index contributed by atoms with van der Waals surface area (Å²) in [4.78, 5) is 0. The smallest absolute Gasteiger partial charge is 0.123 e. The van der Waals surface area contributed by atoms with Crippen LogP contribution in [0.5, 0.6) is 11.5 Å². The first kappa shape index (κ1) is 20.9. The van der Waals surface area contributed by atoms with Crippen molar-refractivity contribution in [3.8, 4) is 11.5 Å². The molecular formula is C22H38O2. The van der Waals surface area contributed by atoms with Crippen LogP contribution >= 0.6 is 0 Å². The molecule has 0 amide bonds. The second kappa shape index (κ2) is 6.28. The molecule has 0 bridgehead atoms. The molecule has 24 heavy (non-hydrogen) atoms. The van der Waals surface area contributed by atoms with E-state index in [9.17, 15) is 5.11 Å². The van der Waals surface area contributed by atoms with E-state index in [1.54, 1.807) is 0 Å². The zero-order valence-corrected chi connectivity index (χ0v) is 17.7. The normalized spacial score (nSPS) is 14.0. The lowest BCUT2D eigenvalue weighted by Crippen LogP contribution is -2.33. The maximum Gasteiger partial charge on any atom is 0.123 e. The van der Waals surface area contributed by atoms with Crippen LogP contribution in [-0.4, -0.2) is 10.7 Å². The van der Waals surface area contributed by atoms with E-state index in [1.165, 1.54) is 0 Å². The van der Waals surface area contributed by atoms with Crippen LogP contribution in [0.15, 0.2) is 12.1 Å². The molecule has 0 fully saturated rings. The molecule has 0 atom stereocenters. The summed E-state index contributed by atoms with van der Waals surface area (Å²) in [6, 6.07) is 4.02. The Kier molecular flexibility index (Phi) is 5.46. The van der Waals surface area contributed by atoms with Gasteiger partial charge < -0.3 is 9.84 Å². The monoisotopic (exact) mass is 334 g/mol. The predicted octanol–water partition coefficient (Wildman–Crippen LogP) is 6.58. The van der Waals surface area contributed by atoms with Gasteiger partial charge >= 0.3 is 0 Å². The summed E-state index contributed by atoms with van der Waals surface area (Å²) in [7, 11) is 0. The number of hydrogen-bond donors (Lipinski definition) is 1. The third kappa shape index (κ3) is 5.72. The Balaban J connectivity index is 3.40. The highest BCUT2D eigenvalue weighted by atomic mass is 16.5. The Labute approximate surface area is 149 Å². The molecule has 0 aliphatic heterocycles. The highest BCUT2D eigenvalue weighted by Crippen LogP contribution is 2.43. The van der Waals surface area contributed by atoms with Gasteiger partial charge in [0.25, 0.3) is 0 Å². The van der Waals surface area contributed by atoms with Crippen LogP contribution in [0.4, 0.5) is 0 Å². The van der Waals surface area contributed by atoms with Gasteiger partial charge in [-0.3, -0.25) is 0 Å². The van der Waals surface area contributed by atoms with Gasteiger partial charge in [-0.15, -0.1) is 0 Å². The van der Waals surface area contributed by atoms with Gasteiger partial charge in [0.2, 0.25) is 0 Å². The molecule has 138 valence electrons. The molecule has 1 aromatic carbocycles. The third-order valence-corrected chi connectivity index (χ3v) is 4.05. The summed E-state index contributed by atoms with van der Waals surface area (Å²) in [5.74, 6) is 1.24. The Morgan fingerprint density at radius 1 is 0.750 bits per heavy atom. The lowest BCUT2D eigenvalue weighted by molar-refractivity contribution is 0.0617. The van der Waals surface area contributed by atoms with Crippen molar-refractivity contribution in [2.45, 2.75) is 99.0 Å². The SMILES string of the molecule is CC(C)(C)CC(C)(C)Oc1cc(C(C)(C)C)c(O)c(C(C)(C)C)c1. The summed E-state index contributed by atoms with van der Waals surface area (Å²) in [6.45, 7) is 23.7. The van der Waals surface area contributed by atoms with E-state index in [-0.39, 0.29) is 21.8 Å². The van der Waals surface area contributed by atoms with Crippen molar-refractivity contribution in [1.29, 1.82) is 0 Å². The highest BCUT2D eigenvalue weighted by Gasteiger charge is 2.30. The summed E-state index contributed by atoms with van der Waals surface area (Å²) in [6.07, 6.45) is 0.955. The van der Waals surface area contributed by atoms with Gasteiger partial charge in [0.15, 0.2) is 0 Å². The molecule has 2 heteroatoms. The van der Waals surface area contributed by atoms with Gasteiger partial charge in [0.05, 0.1) is 0 Å². The minimum atomic E-state index is -0.264. The fraction of sp³-hybridized carbons (Fsp3) is 0.727. The van der Waals surface area contributed by atoms with Gasteiger partial charge in [-0.25, -0.2) is 0 Å². The van der Waals surface area contributed by atoms with E-state index in [0.717, 1.165) is 23.3 Å². The molecule has 0 aromatic heterocycles. The number of hydrogen-bond acceptors (Lipinski definition) is 2. The Hall–Kier alpha value is -1.18. The van der Waals surface area contributed by atoms with Gasteiger partial charge in [-0.2, -0.15) is 0 Å². The van der Waals surface area contributed by atoms with Crippen LogP contribution in [0.2, 0.25) is 0 Å². The number of ether oxygens (including phenoxy) is 1. The van der Waals surface area contributed by atoms with Crippen LogP contribution in [0.1, 0.15) is 93.7 Å². The quantitative estimate of drug-likeness (QED) is 0.676. The van der Waals surface area contributed by atoms with Crippen LogP contribution in [0.25, 0.3) is 0 Å². The molecule has 0 spiro atoms. The van der Waals surface area contributed by atoms with Crippen molar-refractivity contribution < 1.29 is 9.84 Å². The summed E-state index contributed by atoms with van der Waals surface area (Å²) in [5, 5.41) is 10.8. The molecule has 0 saturated heterocycles. The minimum Gasteiger partial charge on any atom is -0.507 e. The Morgan fingerprint density at radius 3 is 1.42 bits per heavy atom. The second-order valence-corrected chi connectivity index (χ2v) is 11.0. The Bertz CT molecular complexity index is 540. The zero-order valence-electron chi connectivity index (χ0n) is 17.7. The number of aromatic hydroxyl groups is 1. The van der Waals surface area contributed by atoms with Crippen molar-refractivity contribution in [1.82, 2.24) is 0 Å². The first-order chi connectivity index (χ1) is 10.4. The number of rotatable bonds is 3. The average Bonchev–Trinajstić information content (AvgIpc) is 2.24. The second-order valence-electron chi connectivity index (χ2n) is 11.0. The van der Waals surface area contributed by atoms with Crippen LogP contribution in [0, 0.1) is 5.41 Å². The molecule has 0 unspecified atom stereocenters. The van der Waals surface area contributed by atoms with E-state index < -0.39 is 0 Å². The van der Waals surface area contributed by atoms with Crippen molar-refractivity contribution in [2.24, 2.45) is 5.41 Å². The molecule has 0 heterocycles. The minimum absolute atomic E-state index is 0.141. The third-order valence-electron chi connectivity index (χ3n) is 4.05. The first-order valence-electron chi connectivity index (χ1n) is 8.99. The molecule has 0 aliphatic rings. The van der Waals surface area contributed by atoms with Crippen molar-refractivity contribution in [3.05, 3.63) is 23.3 Å². The summed E-state index contributed by atoms with van der Waals surface area (Å²) < 4.78 is 6.39. The molecule has 1 aromatic rings. The maximum absolute atomic E-state index is 10.8. The number of phenolic OH excluding ortho intramolecular Hbond substituents is 1. The Morgan fingerprint density at radius 2 is 1.12 bits per heavy atom. The van der Waals surface area contributed by atoms with E-state index in [2.05, 4.69) is 76.2 Å². The standard InChI is InChI=1S/C22H38O2/c1-19(2,3)14-22(10,11)24-15-12-16(20(4,5)6)18(23)17(13-15)21(7,8)9/h12-13,23H,14H2,1-11H3. The van der Waals surface area contributed by atoms with Crippen LogP contribution in [-0.2, 0) is 10.8 Å². The molecule has 1 N–H and O–H groups in total. The average molecular weight is 335 g/mol. The van der Waals surface area contributed by atoms with Gasteiger partial charge in [-0.1, -0.05) is 62.3 Å². The van der Waals surface area contributed by atoms with E-state index in [4.69, 9.17) is 4.74 Å². The van der Waals surface area contributed by atoms with E-state index in [1.807, 2.05) is 12.1 Å². The molecule has 0 saturated carbocycles. The van der Waals surface area contributed by atoms with Gasteiger partial charge in [0.1, 0.15) is 17.1 Å². The topological polar surface area (TPSA) is 29.5 Å². The lowest BCUT2D eigenvalue weighted by Gasteiger charge is -2.35. The zero-order chi connectivity index (χ0) is 19.1. The summed E-state index contributed by atoms with van der Waals surface area (Å²) >= 11 is 0. The number of benzene rings is 1. The molecule has 0 radical (unpaired) electrons.